The van der Waals surface area contributed by atoms with Crippen molar-refractivity contribution in [2.24, 2.45) is 5.92 Å². The maximum Gasteiger partial charge on any atom is 0.292 e. The minimum Gasteiger partial charge on any atom is -0.389 e. The molecule has 1 N–H and O–H groups in total. The zero-order valence-electron chi connectivity index (χ0n) is 11.4. The van der Waals surface area contributed by atoms with Crippen LogP contribution in [0.4, 0.5) is 11.4 Å². The fraction of sp³-hybridized carbons (Fsp3) is 0.571. The maximum atomic E-state index is 11.2. The van der Waals surface area contributed by atoms with Crippen molar-refractivity contribution < 1.29 is 10.0 Å². The highest BCUT2D eigenvalue weighted by Gasteiger charge is 2.24. The van der Waals surface area contributed by atoms with Crippen LogP contribution in [0.1, 0.15) is 38.4 Å². The second-order valence-electron chi connectivity index (χ2n) is 5.35. The summed E-state index contributed by atoms with van der Waals surface area (Å²) < 4.78 is 0. The van der Waals surface area contributed by atoms with Crippen molar-refractivity contribution in [3.05, 3.63) is 33.9 Å². The van der Waals surface area contributed by atoms with E-state index in [-0.39, 0.29) is 10.6 Å². The van der Waals surface area contributed by atoms with Crippen LogP contribution in [0.25, 0.3) is 0 Å². The summed E-state index contributed by atoms with van der Waals surface area (Å²) in [6.07, 6.45) is 1.44. The number of anilines is 1. The number of rotatable bonds is 3. The highest BCUT2D eigenvalue weighted by atomic mass is 16.6. The first kappa shape index (κ1) is 13.8. The van der Waals surface area contributed by atoms with Crippen LogP contribution in [-0.4, -0.2) is 23.1 Å². The van der Waals surface area contributed by atoms with Gasteiger partial charge < -0.3 is 10.0 Å². The van der Waals surface area contributed by atoms with Crippen LogP contribution < -0.4 is 4.90 Å². The molecule has 2 rings (SSSR count). The number of hydrogen-bond donors (Lipinski definition) is 1. The lowest BCUT2D eigenvalue weighted by Crippen LogP contribution is -2.33. The Kier molecular flexibility index (Phi) is 4.04. The molecule has 1 aromatic carbocycles. The highest BCUT2D eigenvalue weighted by molar-refractivity contribution is 5.64. The number of aliphatic hydroxyl groups is 1. The van der Waals surface area contributed by atoms with E-state index in [1.54, 1.807) is 19.1 Å². The van der Waals surface area contributed by atoms with E-state index >= 15 is 0 Å². The van der Waals surface area contributed by atoms with Crippen LogP contribution in [0.5, 0.6) is 0 Å². The van der Waals surface area contributed by atoms with Gasteiger partial charge in [0.2, 0.25) is 0 Å². The normalized spacial score (nSPS) is 18.4. The Labute approximate surface area is 113 Å². The standard InChI is InChI=1S/C14H20N2O3/c1-10-5-7-15(8-6-10)13-4-3-12(11(2)17)9-14(13)16(18)19/h3-4,9-11,17H,5-8H2,1-2H3. The lowest BCUT2D eigenvalue weighted by Gasteiger charge is -2.31. The van der Waals surface area contributed by atoms with Gasteiger partial charge in [-0.05, 0) is 37.3 Å². The van der Waals surface area contributed by atoms with Crippen molar-refractivity contribution in [1.82, 2.24) is 0 Å². The smallest absolute Gasteiger partial charge is 0.292 e. The fourth-order valence-corrected chi connectivity index (χ4v) is 2.46. The molecule has 1 fully saturated rings. The lowest BCUT2D eigenvalue weighted by atomic mass is 9.98. The van der Waals surface area contributed by atoms with Crippen LogP contribution in [-0.2, 0) is 0 Å². The van der Waals surface area contributed by atoms with Gasteiger partial charge in [0, 0.05) is 19.2 Å². The summed E-state index contributed by atoms with van der Waals surface area (Å²) in [5.74, 6) is 0.687. The number of aliphatic hydroxyl groups excluding tert-OH is 1. The van der Waals surface area contributed by atoms with Crippen molar-refractivity contribution in [3.63, 3.8) is 0 Å². The summed E-state index contributed by atoms with van der Waals surface area (Å²) in [5, 5.41) is 20.7. The monoisotopic (exact) mass is 264 g/mol. The zero-order chi connectivity index (χ0) is 14.0. The molecule has 0 radical (unpaired) electrons. The topological polar surface area (TPSA) is 66.6 Å². The number of piperidine rings is 1. The van der Waals surface area contributed by atoms with E-state index in [9.17, 15) is 15.2 Å². The summed E-state index contributed by atoms with van der Waals surface area (Å²) >= 11 is 0. The van der Waals surface area contributed by atoms with E-state index in [0.29, 0.717) is 17.2 Å². The molecule has 0 aliphatic carbocycles. The summed E-state index contributed by atoms with van der Waals surface area (Å²) in [6.45, 7) is 5.54. The molecule has 0 amide bonds. The van der Waals surface area contributed by atoms with Gasteiger partial charge in [-0.15, -0.1) is 0 Å². The largest absolute Gasteiger partial charge is 0.389 e. The average Bonchev–Trinajstić information content (AvgIpc) is 2.38. The molecule has 1 heterocycles. The third kappa shape index (κ3) is 3.04. The summed E-state index contributed by atoms with van der Waals surface area (Å²) in [7, 11) is 0. The van der Waals surface area contributed by atoms with Gasteiger partial charge in [-0.1, -0.05) is 13.0 Å². The van der Waals surface area contributed by atoms with Crippen molar-refractivity contribution >= 4 is 11.4 Å². The van der Waals surface area contributed by atoms with Crippen molar-refractivity contribution in [2.45, 2.75) is 32.8 Å². The molecular weight excluding hydrogens is 244 g/mol. The molecule has 0 aromatic heterocycles. The van der Waals surface area contributed by atoms with Crippen molar-refractivity contribution in [2.75, 3.05) is 18.0 Å². The second kappa shape index (κ2) is 5.57. The fourth-order valence-electron chi connectivity index (χ4n) is 2.46. The van der Waals surface area contributed by atoms with E-state index in [0.717, 1.165) is 25.9 Å². The van der Waals surface area contributed by atoms with Crippen LogP contribution >= 0.6 is 0 Å². The molecule has 104 valence electrons. The van der Waals surface area contributed by atoms with Crippen LogP contribution in [0.2, 0.25) is 0 Å². The molecular formula is C14H20N2O3. The quantitative estimate of drug-likeness (QED) is 0.673. The number of benzene rings is 1. The third-order valence-electron chi connectivity index (χ3n) is 3.80. The minimum absolute atomic E-state index is 0.0907. The molecule has 0 spiro atoms. The first-order valence-corrected chi connectivity index (χ1v) is 6.70. The Balaban J connectivity index is 2.31. The number of nitro benzene ring substituents is 1. The zero-order valence-corrected chi connectivity index (χ0v) is 11.4. The minimum atomic E-state index is -0.686. The number of nitrogens with zero attached hydrogens (tertiary/aromatic N) is 2. The van der Waals surface area contributed by atoms with Crippen molar-refractivity contribution in [1.29, 1.82) is 0 Å². The molecule has 1 aliphatic heterocycles. The molecule has 5 nitrogen and oxygen atoms in total. The molecule has 0 bridgehead atoms. The van der Waals surface area contributed by atoms with Gasteiger partial charge in [0.05, 0.1) is 11.0 Å². The van der Waals surface area contributed by atoms with Gasteiger partial charge in [0.25, 0.3) is 5.69 Å². The molecule has 1 aliphatic rings. The Bertz CT molecular complexity index is 466. The van der Waals surface area contributed by atoms with E-state index in [4.69, 9.17) is 0 Å². The van der Waals surface area contributed by atoms with Crippen molar-refractivity contribution in [3.8, 4) is 0 Å². The molecule has 1 unspecified atom stereocenters. The molecule has 1 saturated heterocycles. The first-order chi connectivity index (χ1) is 8.99. The molecule has 0 saturated carbocycles. The van der Waals surface area contributed by atoms with Gasteiger partial charge in [-0.3, -0.25) is 10.1 Å². The lowest BCUT2D eigenvalue weighted by molar-refractivity contribution is -0.384. The summed E-state index contributed by atoms with van der Waals surface area (Å²) in [6, 6.07) is 5.01. The Hall–Kier alpha value is -1.62. The van der Waals surface area contributed by atoms with Gasteiger partial charge in [0.1, 0.15) is 5.69 Å². The second-order valence-corrected chi connectivity index (χ2v) is 5.35. The van der Waals surface area contributed by atoms with E-state index in [1.165, 1.54) is 6.07 Å². The average molecular weight is 264 g/mol. The molecule has 5 heteroatoms. The molecule has 19 heavy (non-hydrogen) atoms. The predicted octanol–water partition coefficient (Wildman–Crippen LogP) is 2.88. The summed E-state index contributed by atoms with van der Waals surface area (Å²) in [4.78, 5) is 12.9. The summed E-state index contributed by atoms with van der Waals surface area (Å²) in [5.41, 5.74) is 1.34. The first-order valence-electron chi connectivity index (χ1n) is 6.70. The Morgan fingerprint density at radius 3 is 2.58 bits per heavy atom. The number of hydrogen-bond acceptors (Lipinski definition) is 4. The van der Waals surface area contributed by atoms with Gasteiger partial charge in [-0.2, -0.15) is 0 Å². The number of nitro groups is 1. The van der Waals surface area contributed by atoms with Gasteiger partial charge >= 0.3 is 0 Å². The predicted molar refractivity (Wildman–Crippen MR) is 74.3 cm³/mol. The molecule has 1 atom stereocenters. The van der Waals surface area contributed by atoms with E-state index < -0.39 is 6.10 Å². The van der Waals surface area contributed by atoms with E-state index in [2.05, 4.69) is 11.8 Å². The maximum absolute atomic E-state index is 11.2. The molecule has 1 aromatic rings. The van der Waals surface area contributed by atoms with Crippen LogP contribution in [0, 0.1) is 16.0 Å². The van der Waals surface area contributed by atoms with Gasteiger partial charge in [0.15, 0.2) is 0 Å². The van der Waals surface area contributed by atoms with E-state index in [1.807, 2.05) is 0 Å². The Morgan fingerprint density at radius 1 is 1.42 bits per heavy atom. The highest BCUT2D eigenvalue weighted by Crippen LogP contribution is 2.33. The van der Waals surface area contributed by atoms with Crippen LogP contribution in [0.3, 0.4) is 0 Å². The third-order valence-corrected chi connectivity index (χ3v) is 3.80. The van der Waals surface area contributed by atoms with Crippen LogP contribution in [0.15, 0.2) is 18.2 Å². The van der Waals surface area contributed by atoms with Gasteiger partial charge in [-0.25, -0.2) is 0 Å². The Morgan fingerprint density at radius 2 is 2.05 bits per heavy atom. The SMILES string of the molecule is CC1CCN(c2ccc(C(C)O)cc2[N+](=O)[O-])CC1.